The predicted molar refractivity (Wildman–Crippen MR) is 348 cm³/mol. The standard InChI is InChI=1S/C74H124O6/c1-4-7-10-13-16-19-22-25-28-30-32-34-36-37-39-40-42-44-46-49-52-55-58-61-64-67-73(76)79-70-71(69-78-72(75)66-63-60-57-54-51-48-27-24-21-18-15-12-9-6-3)80-74(77)68-65-62-59-56-53-50-47-45-43-41-38-35-33-31-29-26-23-20-17-14-11-8-5-2/h8,11,17,20,22,24-27,29-30,32-33,35,41,43,47,50,56,59,71H,4-7,9-10,12-16,18-19,21,23,28,31,34,36-40,42,44-46,48-49,51-55,57-58,60-70H2,1-3H3/b11-8-,20-17-,25-22-,27-24-,29-26-,32-30-,35-33-,43-41-,50-47-,59-56-. The molecule has 6 heteroatoms. The van der Waals surface area contributed by atoms with Gasteiger partial charge in [0.1, 0.15) is 13.2 Å². The van der Waals surface area contributed by atoms with Gasteiger partial charge in [0.15, 0.2) is 6.10 Å². The number of unbranched alkanes of at least 4 members (excludes halogenated alkanes) is 29. The Balaban J connectivity index is 4.43. The second kappa shape index (κ2) is 67.3. The third-order valence-corrected chi connectivity index (χ3v) is 14.2. The Morgan fingerprint density at radius 3 is 0.812 bits per heavy atom. The van der Waals surface area contributed by atoms with E-state index in [0.29, 0.717) is 19.3 Å². The number of ether oxygens (including phenoxy) is 3. The molecule has 0 fully saturated rings. The maximum Gasteiger partial charge on any atom is 0.306 e. The van der Waals surface area contributed by atoms with Crippen LogP contribution in [0.1, 0.15) is 310 Å². The molecule has 0 aliphatic carbocycles. The molecule has 0 bridgehead atoms. The number of carbonyl (C=O) groups is 3. The van der Waals surface area contributed by atoms with E-state index < -0.39 is 6.10 Å². The molecule has 0 aromatic carbocycles. The molecule has 456 valence electrons. The zero-order valence-corrected chi connectivity index (χ0v) is 52.3. The third-order valence-electron chi connectivity index (χ3n) is 14.2. The molecule has 1 atom stereocenters. The second-order valence-electron chi connectivity index (χ2n) is 22.0. The van der Waals surface area contributed by atoms with Crippen molar-refractivity contribution in [1.82, 2.24) is 0 Å². The van der Waals surface area contributed by atoms with Crippen LogP contribution in [0.25, 0.3) is 0 Å². The Morgan fingerprint density at radius 2 is 0.500 bits per heavy atom. The Morgan fingerprint density at radius 1 is 0.263 bits per heavy atom. The fraction of sp³-hybridized carbons (Fsp3) is 0.689. The highest BCUT2D eigenvalue weighted by Crippen LogP contribution is 2.16. The van der Waals surface area contributed by atoms with Crippen molar-refractivity contribution in [2.75, 3.05) is 13.2 Å². The lowest BCUT2D eigenvalue weighted by molar-refractivity contribution is -0.167. The van der Waals surface area contributed by atoms with Crippen molar-refractivity contribution in [1.29, 1.82) is 0 Å². The summed E-state index contributed by atoms with van der Waals surface area (Å²) in [5.41, 5.74) is 0. The molecule has 80 heavy (non-hydrogen) atoms. The summed E-state index contributed by atoms with van der Waals surface area (Å²) in [4.78, 5) is 38.4. The van der Waals surface area contributed by atoms with Gasteiger partial charge in [-0.3, -0.25) is 14.4 Å². The van der Waals surface area contributed by atoms with Crippen molar-refractivity contribution in [3.05, 3.63) is 122 Å². The van der Waals surface area contributed by atoms with E-state index in [4.69, 9.17) is 14.2 Å². The minimum Gasteiger partial charge on any atom is -0.462 e. The molecule has 6 nitrogen and oxygen atoms in total. The van der Waals surface area contributed by atoms with Gasteiger partial charge in [-0.25, -0.2) is 0 Å². The largest absolute Gasteiger partial charge is 0.462 e. The summed E-state index contributed by atoms with van der Waals surface area (Å²) in [7, 11) is 0. The molecule has 0 aliphatic heterocycles. The molecule has 1 unspecified atom stereocenters. The minimum atomic E-state index is -0.817. The van der Waals surface area contributed by atoms with Gasteiger partial charge < -0.3 is 14.2 Å². The maximum absolute atomic E-state index is 12.9. The van der Waals surface area contributed by atoms with Crippen LogP contribution in [0, 0.1) is 0 Å². The zero-order chi connectivity index (χ0) is 57.8. The Kier molecular flexibility index (Phi) is 63.8. The van der Waals surface area contributed by atoms with Crippen LogP contribution < -0.4 is 0 Å². The second-order valence-corrected chi connectivity index (χ2v) is 22.0. The summed E-state index contributed by atoms with van der Waals surface area (Å²) in [5, 5.41) is 0. The summed E-state index contributed by atoms with van der Waals surface area (Å²) in [6.45, 7) is 6.47. The van der Waals surface area contributed by atoms with Gasteiger partial charge in [0, 0.05) is 19.3 Å². The Hall–Kier alpha value is -4.19. The quantitative estimate of drug-likeness (QED) is 0.0261. The number of rotatable bonds is 60. The van der Waals surface area contributed by atoms with Crippen LogP contribution in [-0.2, 0) is 28.6 Å². The Labute approximate surface area is 494 Å². The average molecular weight is 1110 g/mol. The van der Waals surface area contributed by atoms with Crippen molar-refractivity contribution < 1.29 is 28.6 Å². The van der Waals surface area contributed by atoms with E-state index in [1.807, 2.05) is 0 Å². The number of carbonyl (C=O) groups excluding carboxylic acids is 3. The van der Waals surface area contributed by atoms with Crippen LogP contribution in [0.15, 0.2) is 122 Å². The van der Waals surface area contributed by atoms with Crippen molar-refractivity contribution in [2.24, 2.45) is 0 Å². The summed E-state index contributed by atoms with van der Waals surface area (Å²) in [5.74, 6) is -0.968. The van der Waals surface area contributed by atoms with Crippen molar-refractivity contribution in [3.8, 4) is 0 Å². The number of allylic oxidation sites excluding steroid dienone is 20. The van der Waals surface area contributed by atoms with Gasteiger partial charge in [0.2, 0.25) is 0 Å². The van der Waals surface area contributed by atoms with E-state index in [1.165, 1.54) is 154 Å². The first-order valence-corrected chi connectivity index (χ1v) is 33.5. The van der Waals surface area contributed by atoms with E-state index in [2.05, 4.69) is 142 Å². The van der Waals surface area contributed by atoms with Crippen LogP contribution in [-0.4, -0.2) is 37.2 Å². The van der Waals surface area contributed by atoms with Crippen LogP contribution in [0.5, 0.6) is 0 Å². The van der Waals surface area contributed by atoms with E-state index in [0.717, 1.165) is 109 Å². The fourth-order valence-electron chi connectivity index (χ4n) is 9.16. The van der Waals surface area contributed by atoms with Gasteiger partial charge in [-0.05, 0) is 128 Å². The van der Waals surface area contributed by atoms with E-state index in [9.17, 15) is 14.4 Å². The lowest BCUT2D eigenvalue weighted by atomic mass is 10.0. The number of esters is 3. The van der Waals surface area contributed by atoms with Gasteiger partial charge in [-0.1, -0.05) is 284 Å². The zero-order valence-electron chi connectivity index (χ0n) is 52.3. The number of hydrogen-bond donors (Lipinski definition) is 0. The molecule has 0 amide bonds. The average Bonchev–Trinajstić information content (AvgIpc) is 3.46. The third kappa shape index (κ3) is 64.6. The highest BCUT2D eigenvalue weighted by Gasteiger charge is 2.19. The van der Waals surface area contributed by atoms with Gasteiger partial charge in [0.05, 0.1) is 0 Å². The SMILES string of the molecule is CC/C=C\C/C=C\C/C=C\C/C=C\C/C=C\C/C=C\C/C=C\CCCC(=O)OC(COC(=O)CCCCCCC/C=C\CCCCCCC)COC(=O)CCCCCCCCCCCCCCC/C=C\C/C=C\CCCCCCC. The van der Waals surface area contributed by atoms with Crippen molar-refractivity contribution in [3.63, 3.8) is 0 Å². The topological polar surface area (TPSA) is 78.9 Å². The van der Waals surface area contributed by atoms with Gasteiger partial charge in [-0.15, -0.1) is 0 Å². The molecular weight excluding hydrogens is 985 g/mol. The summed E-state index contributed by atoms with van der Waals surface area (Å²) in [6, 6.07) is 0. The van der Waals surface area contributed by atoms with E-state index >= 15 is 0 Å². The molecule has 0 aromatic rings. The summed E-state index contributed by atoms with van der Waals surface area (Å²) in [6.07, 6.45) is 93.6. The predicted octanol–water partition coefficient (Wildman–Crippen LogP) is 23.2. The summed E-state index contributed by atoms with van der Waals surface area (Å²) < 4.78 is 16.9. The normalized spacial score (nSPS) is 12.9. The van der Waals surface area contributed by atoms with Gasteiger partial charge >= 0.3 is 17.9 Å². The first-order chi connectivity index (χ1) is 39.5. The smallest absolute Gasteiger partial charge is 0.306 e. The van der Waals surface area contributed by atoms with Crippen LogP contribution in [0.2, 0.25) is 0 Å². The molecule has 0 spiro atoms. The molecule has 0 N–H and O–H groups in total. The van der Waals surface area contributed by atoms with Crippen molar-refractivity contribution in [2.45, 2.75) is 316 Å². The molecule has 0 aliphatic rings. The minimum absolute atomic E-state index is 0.105. The number of hydrogen-bond acceptors (Lipinski definition) is 6. The molecule has 0 rings (SSSR count). The van der Waals surface area contributed by atoms with Crippen LogP contribution in [0.3, 0.4) is 0 Å². The first kappa shape index (κ1) is 75.8. The fourth-order valence-corrected chi connectivity index (χ4v) is 9.16. The highest BCUT2D eigenvalue weighted by molar-refractivity contribution is 5.71. The van der Waals surface area contributed by atoms with Gasteiger partial charge in [0.25, 0.3) is 0 Å². The van der Waals surface area contributed by atoms with Crippen LogP contribution >= 0.6 is 0 Å². The molecule has 0 heterocycles. The first-order valence-electron chi connectivity index (χ1n) is 33.5. The van der Waals surface area contributed by atoms with Gasteiger partial charge in [-0.2, -0.15) is 0 Å². The lowest BCUT2D eigenvalue weighted by Gasteiger charge is -2.18. The molecule has 0 aromatic heterocycles. The molecule has 0 saturated carbocycles. The lowest BCUT2D eigenvalue weighted by Crippen LogP contribution is -2.30. The maximum atomic E-state index is 12.9. The van der Waals surface area contributed by atoms with Crippen molar-refractivity contribution >= 4 is 17.9 Å². The highest BCUT2D eigenvalue weighted by atomic mass is 16.6. The molecule has 0 radical (unpaired) electrons. The summed E-state index contributed by atoms with van der Waals surface area (Å²) >= 11 is 0. The van der Waals surface area contributed by atoms with Crippen LogP contribution in [0.4, 0.5) is 0 Å². The van der Waals surface area contributed by atoms with E-state index in [1.54, 1.807) is 0 Å². The Bertz CT molecular complexity index is 1650. The monoisotopic (exact) mass is 1110 g/mol. The van der Waals surface area contributed by atoms with E-state index in [-0.39, 0.29) is 37.5 Å². The molecular formula is C74H124O6. The molecule has 0 saturated heterocycles.